The van der Waals surface area contributed by atoms with Crippen LogP contribution in [-0.4, -0.2) is 56.4 Å². The lowest BCUT2D eigenvalue weighted by molar-refractivity contribution is -0.136. The number of aryl methyl sites for hydroxylation is 1. The lowest BCUT2D eigenvalue weighted by Crippen LogP contribution is -2.50. The Morgan fingerprint density at radius 2 is 1.93 bits per heavy atom. The average Bonchev–Trinajstić information content (AvgIpc) is 3.40. The molecule has 2 aromatic heterocycles. The number of piperazine rings is 1. The summed E-state index contributed by atoms with van der Waals surface area (Å²) in [6.45, 7) is 6.42. The predicted octanol–water partition coefficient (Wildman–Crippen LogP) is 2.65. The molecule has 1 amide bonds. The quantitative estimate of drug-likeness (QED) is 0.719. The second kappa shape index (κ2) is 8.44. The number of aromatic amines is 1. The number of carbonyl (C=O) groups is 1. The number of hydrogen-bond acceptors (Lipinski definition) is 3. The SMILES string of the molecule is Cc1cccc(CN2CCN(C(=O)[C@@H](Cc3cnc[nH]3)n3cccc3)CC2)c1. The predicted molar refractivity (Wildman–Crippen MR) is 109 cm³/mol. The summed E-state index contributed by atoms with van der Waals surface area (Å²) in [4.78, 5) is 24.9. The van der Waals surface area contributed by atoms with Gasteiger partial charge < -0.3 is 14.5 Å². The molecule has 146 valence electrons. The maximum Gasteiger partial charge on any atom is 0.246 e. The number of nitrogens with one attached hydrogen (secondary N) is 1. The minimum absolute atomic E-state index is 0.181. The molecule has 6 heteroatoms. The summed E-state index contributed by atoms with van der Waals surface area (Å²) in [5, 5.41) is 0. The first-order chi connectivity index (χ1) is 13.7. The molecule has 0 aliphatic carbocycles. The second-order valence-corrected chi connectivity index (χ2v) is 7.52. The highest BCUT2D eigenvalue weighted by atomic mass is 16.2. The first kappa shape index (κ1) is 18.5. The summed E-state index contributed by atoms with van der Waals surface area (Å²) in [6, 6.07) is 12.3. The zero-order valence-electron chi connectivity index (χ0n) is 16.3. The number of nitrogens with zero attached hydrogens (tertiary/aromatic N) is 4. The molecular weight excluding hydrogens is 350 g/mol. The monoisotopic (exact) mass is 377 g/mol. The van der Waals surface area contributed by atoms with Gasteiger partial charge in [0, 0.05) is 63.4 Å². The highest BCUT2D eigenvalue weighted by molar-refractivity contribution is 5.81. The molecule has 1 N–H and O–H groups in total. The van der Waals surface area contributed by atoms with Crippen molar-refractivity contribution in [3.63, 3.8) is 0 Å². The number of carbonyl (C=O) groups excluding carboxylic acids is 1. The van der Waals surface area contributed by atoms with Gasteiger partial charge in [-0.3, -0.25) is 9.69 Å². The third-order valence-electron chi connectivity index (χ3n) is 5.41. The molecule has 1 aliphatic rings. The molecule has 3 heterocycles. The van der Waals surface area contributed by atoms with Crippen molar-refractivity contribution in [2.24, 2.45) is 0 Å². The minimum atomic E-state index is -0.237. The van der Waals surface area contributed by atoms with Crippen LogP contribution < -0.4 is 0 Å². The van der Waals surface area contributed by atoms with E-state index in [2.05, 4.69) is 46.1 Å². The van der Waals surface area contributed by atoms with E-state index in [1.54, 1.807) is 12.5 Å². The molecule has 6 nitrogen and oxygen atoms in total. The fraction of sp³-hybridized carbons (Fsp3) is 0.364. The molecule has 1 aliphatic heterocycles. The number of hydrogen-bond donors (Lipinski definition) is 1. The molecule has 0 radical (unpaired) electrons. The van der Waals surface area contributed by atoms with Crippen LogP contribution >= 0.6 is 0 Å². The van der Waals surface area contributed by atoms with E-state index in [1.165, 1.54) is 11.1 Å². The Balaban J connectivity index is 1.39. The summed E-state index contributed by atoms with van der Waals surface area (Å²) in [5.74, 6) is 0.181. The van der Waals surface area contributed by atoms with Crippen LogP contribution in [0.4, 0.5) is 0 Å². The van der Waals surface area contributed by atoms with Crippen molar-refractivity contribution in [3.05, 3.63) is 78.1 Å². The first-order valence-corrected chi connectivity index (χ1v) is 9.85. The van der Waals surface area contributed by atoms with Crippen molar-refractivity contribution in [1.82, 2.24) is 24.3 Å². The van der Waals surface area contributed by atoms with Crippen LogP contribution in [0.5, 0.6) is 0 Å². The molecule has 4 rings (SSSR count). The van der Waals surface area contributed by atoms with Crippen molar-refractivity contribution in [2.45, 2.75) is 25.9 Å². The molecule has 28 heavy (non-hydrogen) atoms. The van der Waals surface area contributed by atoms with E-state index in [9.17, 15) is 4.79 Å². The fourth-order valence-electron chi connectivity index (χ4n) is 3.89. The van der Waals surface area contributed by atoms with Gasteiger partial charge in [0.05, 0.1) is 6.33 Å². The number of H-pyrrole nitrogens is 1. The Kier molecular flexibility index (Phi) is 5.58. The number of imidazole rings is 1. The third-order valence-corrected chi connectivity index (χ3v) is 5.41. The minimum Gasteiger partial charge on any atom is -0.348 e. The second-order valence-electron chi connectivity index (χ2n) is 7.52. The van der Waals surface area contributed by atoms with Crippen LogP contribution in [0.1, 0.15) is 22.9 Å². The van der Waals surface area contributed by atoms with Crippen LogP contribution in [0.25, 0.3) is 0 Å². The van der Waals surface area contributed by atoms with Gasteiger partial charge in [0.15, 0.2) is 0 Å². The van der Waals surface area contributed by atoms with Crippen molar-refractivity contribution in [3.8, 4) is 0 Å². The molecule has 0 spiro atoms. The lowest BCUT2D eigenvalue weighted by atomic mass is 10.1. The van der Waals surface area contributed by atoms with Gasteiger partial charge >= 0.3 is 0 Å². The van der Waals surface area contributed by atoms with E-state index in [0.29, 0.717) is 6.42 Å². The van der Waals surface area contributed by atoms with Crippen LogP contribution in [0.2, 0.25) is 0 Å². The van der Waals surface area contributed by atoms with Crippen LogP contribution in [0, 0.1) is 6.92 Å². The van der Waals surface area contributed by atoms with Crippen molar-refractivity contribution >= 4 is 5.91 Å². The van der Waals surface area contributed by atoms with E-state index in [4.69, 9.17) is 0 Å². The van der Waals surface area contributed by atoms with Gasteiger partial charge in [0.25, 0.3) is 0 Å². The fourth-order valence-corrected chi connectivity index (χ4v) is 3.89. The third kappa shape index (κ3) is 4.34. The van der Waals surface area contributed by atoms with E-state index >= 15 is 0 Å². The van der Waals surface area contributed by atoms with Crippen LogP contribution in [-0.2, 0) is 17.8 Å². The highest BCUT2D eigenvalue weighted by Gasteiger charge is 2.28. The Morgan fingerprint density at radius 3 is 2.61 bits per heavy atom. The van der Waals surface area contributed by atoms with Gasteiger partial charge in [0.2, 0.25) is 5.91 Å². The molecule has 3 aromatic rings. The summed E-state index contributed by atoms with van der Waals surface area (Å²) in [6.07, 6.45) is 8.01. The topological polar surface area (TPSA) is 57.2 Å². The first-order valence-electron chi connectivity index (χ1n) is 9.85. The molecular formula is C22H27N5O. The van der Waals surface area contributed by atoms with Gasteiger partial charge in [-0.1, -0.05) is 29.8 Å². The Hall–Kier alpha value is -2.86. The molecule has 0 unspecified atom stereocenters. The van der Waals surface area contributed by atoms with Crippen molar-refractivity contribution < 1.29 is 4.79 Å². The molecule has 0 bridgehead atoms. The van der Waals surface area contributed by atoms with E-state index in [-0.39, 0.29) is 11.9 Å². The zero-order valence-corrected chi connectivity index (χ0v) is 16.3. The molecule has 1 atom stereocenters. The number of amides is 1. The summed E-state index contributed by atoms with van der Waals surface area (Å²) >= 11 is 0. The molecule has 1 fully saturated rings. The van der Waals surface area contributed by atoms with E-state index < -0.39 is 0 Å². The zero-order chi connectivity index (χ0) is 19.3. The van der Waals surface area contributed by atoms with Gasteiger partial charge in [-0.2, -0.15) is 0 Å². The lowest BCUT2D eigenvalue weighted by Gasteiger charge is -2.36. The van der Waals surface area contributed by atoms with Gasteiger partial charge in [0.1, 0.15) is 6.04 Å². The standard InChI is InChI=1S/C22H27N5O/c1-18-5-4-6-19(13-18)16-25-9-11-27(12-10-25)22(28)21(26-7-2-3-8-26)14-20-15-23-17-24-20/h2-8,13,15,17,21H,9-12,14,16H2,1H3,(H,23,24)/t21-/m1/s1. The normalized spacial score (nSPS) is 16.2. The average molecular weight is 377 g/mol. The van der Waals surface area contributed by atoms with E-state index in [0.717, 1.165) is 38.4 Å². The molecule has 1 aromatic carbocycles. The summed E-state index contributed by atoms with van der Waals surface area (Å²) in [5.41, 5.74) is 3.61. The van der Waals surface area contributed by atoms with Crippen molar-refractivity contribution in [1.29, 1.82) is 0 Å². The van der Waals surface area contributed by atoms with Crippen LogP contribution in [0.3, 0.4) is 0 Å². The number of aromatic nitrogens is 3. The smallest absolute Gasteiger partial charge is 0.246 e. The number of benzene rings is 1. The van der Waals surface area contributed by atoms with Gasteiger partial charge in [-0.25, -0.2) is 4.98 Å². The van der Waals surface area contributed by atoms with Gasteiger partial charge in [-0.15, -0.1) is 0 Å². The molecule has 0 saturated carbocycles. The van der Waals surface area contributed by atoms with Crippen molar-refractivity contribution in [2.75, 3.05) is 26.2 Å². The Bertz CT molecular complexity index is 880. The van der Waals surface area contributed by atoms with Gasteiger partial charge in [-0.05, 0) is 24.6 Å². The summed E-state index contributed by atoms with van der Waals surface area (Å²) < 4.78 is 2.00. The van der Waals surface area contributed by atoms with E-state index in [1.807, 2.05) is 34.0 Å². The highest BCUT2D eigenvalue weighted by Crippen LogP contribution is 2.19. The Morgan fingerprint density at radius 1 is 1.14 bits per heavy atom. The largest absolute Gasteiger partial charge is 0.348 e. The summed E-state index contributed by atoms with van der Waals surface area (Å²) in [7, 11) is 0. The van der Waals surface area contributed by atoms with Crippen LogP contribution in [0.15, 0.2) is 61.3 Å². The Labute approximate surface area is 165 Å². The number of rotatable bonds is 6. The maximum absolute atomic E-state index is 13.3. The molecule has 1 saturated heterocycles. The maximum atomic E-state index is 13.3.